The molecule has 1 saturated heterocycles. The molecule has 2 rings (SSSR count). The molecule has 1 aliphatic heterocycles. The van der Waals surface area contributed by atoms with Crippen molar-refractivity contribution in [3.8, 4) is 0 Å². The highest BCUT2D eigenvalue weighted by Crippen LogP contribution is 2.34. The Hall–Kier alpha value is -0.900. The predicted octanol–water partition coefficient (Wildman–Crippen LogP) is 3.17. The molecule has 0 spiro atoms. The summed E-state index contributed by atoms with van der Waals surface area (Å²) in [6.07, 6.45) is -2.73. The number of hydrogen-bond acceptors (Lipinski definition) is 5. The van der Waals surface area contributed by atoms with E-state index < -0.39 is 23.3 Å². The molecule has 1 aliphatic rings. The van der Waals surface area contributed by atoms with Gasteiger partial charge in [0.25, 0.3) is 0 Å². The number of rotatable bonds is 6. The number of amides is 1. The lowest BCUT2D eigenvalue weighted by Gasteiger charge is -2.36. The number of methoxy groups -OCH3 is 1. The van der Waals surface area contributed by atoms with E-state index in [1.54, 1.807) is 7.11 Å². The maximum absolute atomic E-state index is 12.8. The van der Waals surface area contributed by atoms with Crippen LogP contribution in [-0.4, -0.2) is 37.7 Å². The molecule has 0 aliphatic carbocycles. The normalized spacial score (nSPS) is 18.3. The average molecular weight is 402 g/mol. The first kappa shape index (κ1) is 22.1. The van der Waals surface area contributed by atoms with Crippen molar-refractivity contribution in [2.75, 3.05) is 26.8 Å². The second kappa shape index (κ2) is 9.16. The first-order valence-corrected chi connectivity index (χ1v) is 8.73. The topological polar surface area (TPSA) is 63.2 Å². The number of piperidine rings is 1. The van der Waals surface area contributed by atoms with Gasteiger partial charge in [-0.25, -0.2) is 4.98 Å². The molecule has 0 radical (unpaired) electrons. The van der Waals surface area contributed by atoms with E-state index in [9.17, 15) is 18.0 Å². The van der Waals surface area contributed by atoms with Gasteiger partial charge in [-0.1, -0.05) is 6.92 Å². The molecule has 1 atom stereocenters. The summed E-state index contributed by atoms with van der Waals surface area (Å²) in [5.74, 6) is -0.179. The molecule has 0 bridgehead atoms. The largest absolute Gasteiger partial charge is 0.434 e. The van der Waals surface area contributed by atoms with Crippen LogP contribution in [-0.2, 0) is 15.7 Å². The second-order valence-corrected chi connectivity index (χ2v) is 6.86. The Labute approximate surface area is 155 Å². The molecule has 0 aromatic carbocycles. The van der Waals surface area contributed by atoms with Gasteiger partial charge < -0.3 is 15.4 Å². The van der Waals surface area contributed by atoms with Crippen molar-refractivity contribution in [1.82, 2.24) is 15.6 Å². The van der Waals surface area contributed by atoms with Crippen LogP contribution >= 0.6 is 23.7 Å². The lowest BCUT2D eigenvalue weighted by molar-refractivity contribution is -0.140. The number of hydrogen-bond donors (Lipinski definition) is 2. The standard InChI is InChI=1S/C15H22F3N3O2S.ClH/c1-3-10(12-21-11(8-24-12)15(16,17)18)20-13(22)14(9-23-2)4-6-19-7-5-14;/h8,10,19H,3-7,9H2,1-2H3,(H,20,22);1H. The van der Waals surface area contributed by atoms with Crippen molar-refractivity contribution in [3.05, 3.63) is 16.1 Å². The van der Waals surface area contributed by atoms with Crippen molar-refractivity contribution in [3.63, 3.8) is 0 Å². The highest BCUT2D eigenvalue weighted by atomic mass is 35.5. The Morgan fingerprint density at radius 2 is 2.12 bits per heavy atom. The van der Waals surface area contributed by atoms with Gasteiger partial charge >= 0.3 is 6.18 Å². The van der Waals surface area contributed by atoms with E-state index in [0.29, 0.717) is 39.0 Å². The van der Waals surface area contributed by atoms with Gasteiger partial charge in [0, 0.05) is 12.5 Å². The molecule has 5 nitrogen and oxygen atoms in total. The average Bonchev–Trinajstić information content (AvgIpc) is 3.03. The van der Waals surface area contributed by atoms with Crippen molar-refractivity contribution in [2.45, 2.75) is 38.4 Å². The van der Waals surface area contributed by atoms with Crippen molar-refractivity contribution in [2.24, 2.45) is 5.41 Å². The minimum Gasteiger partial charge on any atom is -0.384 e. The lowest BCUT2D eigenvalue weighted by Crippen LogP contribution is -2.50. The van der Waals surface area contributed by atoms with Crippen LogP contribution in [0.3, 0.4) is 0 Å². The fourth-order valence-electron chi connectivity index (χ4n) is 2.85. The third-order valence-electron chi connectivity index (χ3n) is 4.29. The van der Waals surface area contributed by atoms with E-state index in [1.807, 2.05) is 6.92 Å². The zero-order valence-corrected chi connectivity index (χ0v) is 15.7. The summed E-state index contributed by atoms with van der Waals surface area (Å²) < 4.78 is 43.4. The maximum Gasteiger partial charge on any atom is 0.434 e. The van der Waals surface area contributed by atoms with Crippen LogP contribution in [0.5, 0.6) is 0 Å². The molecular weight excluding hydrogens is 379 g/mol. The summed E-state index contributed by atoms with van der Waals surface area (Å²) in [5, 5.41) is 7.34. The molecular formula is C15H23ClF3N3O2S. The predicted molar refractivity (Wildman–Crippen MR) is 92.0 cm³/mol. The summed E-state index contributed by atoms with van der Waals surface area (Å²) in [7, 11) is 1.55. The summed E-state index contributed by atoms with van der Waals surface area (Å²) in [4.78, 5) is 16.4. The Morgan fingerprint density at radius 3 is 2.60 bits per heavy atom. The zero-order valence-electron chi connectivity index (χ0n) is 14.1. The van der Waals surface area contributed by atoms with Crippen LogP contribution in [0.15, 0.2) is 5.38 Å². The molecule has 0 saturated carbocycles. The van der Waals surface area contributed by atoms with Gasteiger partial charge in [-0.15, -0.1) is 23.7 Å². The Kier molecular flexibility index (Phi) is 8.11. The molecule has 2 N–H and O–H groups in total. The molecule has 1 amide bonds. The molecule has 1 aromatic rings. The van der Waals surface area contributed by atoms with Gasteiger partial charge in [0.05, 0.1) is 18.1 Å². The number of carbonyl (C=O) groups excluding carboxylic acids is 1. The Balaban J connectivity index is 0.00000312. The molecule has 1 aromatic heterocycles. The first-order valence-electron chi connectivity index (χ1n) is 7.85. The maximum atomic E-state index is 12.8. The quantitative estimate of drug-likeness (QED) is 0.768. The van der Waals surface area contributed by atoms with Crippen LogP contribution in [0.25, 0.3) is 0 Å². The smallest absolute Gasteiger partial charge is 0.384 e. The van der Waals surface area contributed by atoms with Crippen LogP contribution in [0.2, 0.25) is 0 Å². The molecule has 25 heavy (non-hydrogen) atoms. The lowest BCUT2D eigenvalue weighted by atomic mass is 9.78. The number of nitrogens with zero attached hydrogens (tertiary/aromatic N) is 1. The summed E-state index contributed by atoms with van der Waals surface area (Å²) in [6.45, 7) is 3.53. The van der Waals surface area contributed by atoms with Gasteiger partial charge in [0.2, 0.25) is 5.91 Å². The highest BCUT2D eigenvalue weighted by Gasteiger charge is 2.41. The molecule has 10 heteroatoms. The third-order valence-corrected chi connectivity index (χ3v) is 5.25. The monoisotopic (exact) mass is 401 g/mol. The minimum absolute atomic E-state index is 0. The molecule has 1 fully saturated rings. The SMILES string of the molecule is CCC(NC(=O)C1(COC)CCNCC1)c1nc(C(F)(F)F)cs1.Cl. The summed E-state index contributed by atoms with van der Waals surface area (Å²) >= 11 is 0.921. The van der Waals surface area contributed by atoms with Crippen LogP contribution < -0.4 is 10.6 Å². The third kappa shape index (κ3) is 5.29. The van der Waals surface area contributed by atoms with Gasteiger partial charge in [0.15, 0.2) is 5.69 Å². The van der Waals surface area contributed by atoms with E-state index in [-0.39, 0.29) is 23.3 Å². The fraction of sp³-hybridized carbons (Fsp3) is 0.733. The number of aromatic nitrogens is 1. The number of carbonyl (C=O) groups is 1. The summed E-state index contributed by atoms with van der Waals surface area (Å²) in [6, 6.07) is -0.526. The van der Waals surface area contributed by atoms with Gasteiger partial charge in [-0.3, -0.25) is 4.79 Å². The summed E-state index contributed by atoms with van der Waals surface area (Å²) in [5.41, 5.74) is -1.55. The van der Waals surface area contributed by atoms with E-state index in [1.165, 1.54) is 0 Å². The highest BCUT2D eigenvalue weighted by molar-refractivity contribution is 7.09. The fourth-order valence-corrected chi connectivity index (χ4v) is 3.81. The van der Waals surface area contributed by atoms with Crippen molar-refractivity contribution in [1.29, 1.82) is 0 Å². The molecule has 1 unspecified atom stereocenters. The molecule has 2 heterocycles. The van der Waals surface area contributed by atoms with Gasteiger partial charge in [-0.2, -0.15) is 13.2 Å². The number of alkyl halides is 3. The second-order valence-electron chi connectivity index (χ2n) is 5.97. The minimum atomic E-state index is -4.47. The number of ether oxygens (including phenoxy) is 1. The van der Waals surface area contributed by atoms with E-state index in [0.717, 1.165) is 16.7 Å². The van der Waals surface area contributed by atoms with Crippen LogP contribution in [0.4, 0.5) is 13.2 Å². The van der Waals surface area contributed by atoms with Crippen molar-refractivity contribution < 1.29 is 22.7 Å². The Morgan fingerprint density at radius 1 is 1.48 bits per heavy atom. The van der Waals surface area contributed by atoms with E-state index in [4.69, 9.17) is 4.74 Å². The van der Waals surface area contributed by atoms with Gasteiger partial charge in [-0.05, 0) is 32.4 Å². The van der Waals surface area contributed by atoms with Crippen LogP contribution in [0.1, 0.15) is 42.9 Å². The first-order chi connectivity index (χ1) is 11.3. The van der Waals surface area contributed by atoms with Gasteiger partial charge in [0.1, 0.15) is 5.01 Å². The van der Waals surface area contributed by atoms with E-state index >= 15 is 0 Å². The number of nitrogens with one attached hydrogen (secondary N) is 2. The Bertz CT molecular complexity index is 557. The van der Waals surface area contributed by atoms with E-state index in [2.05, 4.69) is 15.6 Å². The van der Waals surface area contributed by atoms with Crippen molar-refractivity contribution >= 4 is 29.7 Å². The number of thiazole rings is 1. The zero-order chi connectivity index (χ0) is 17.8. The number of halogens is 4. The van der Waals surface area contributed by atoms with Crippen LogP contribution in [0, 0.1) is 5.41 Å². The molecule has 144 valence electrons.